The highest BCUT2D eigenvalue weighted by atomic mass is 16.4. The van der Waals surface area contributed by atoms with Crippen LogP contribution in [0.3, 0.4) is 0 Å². The van der Waals surface area contributed by atoms with Gasteiger partial charge in [0.05, 0.1) is 5.92 Å². The van der Waals surface area contributed by atoms with Crippen molar-refractivity contribution >= 4 is 5.97 Å². The maximum absolute atomic E-state index is 10.8. The van der Waals surface area contributed by atoms with E-state index in [2.05, 4.69) is 13.8 Å². The van der Waals surface area contributed by atoms with Crippen LogP contribution in [0.4, 0.5) is 0 Å². The number of hydrogen-bond donors (Lipinski definition) is 2. The summed E-state index contributed by atoms with van der Waals surface area (Å²) in [4.78, 5) is 10.8. The van der Waals surface area contributed by atoms with Crippen LogP contribution in [0, 0.1) is 17.3 Å². The molecule has 3 heteroatoms. The molecule has 2 atom stereocenters. The molecule has 0 bridgehead atoms. The lowest BCUT2D eigenvalue weighted by molar-refractivity contribution is -0.143. The molecule has 13 heavy (non-hydrogen) atoms. The van der Waals surface area contributed by atoms with Gasteiger partial charge >= 0.3 is 5.97 Å². The number of carboxylic acids is 1. The third kappa shape index (κ3) is 2.44. The zero-order valence-electron chi connectivity index (χ0n) is 8.42. The van der Waals surface area contributed by atoms with Crippen LogP contribution in [0.5, 0.6) is 0 Å². The average Bonchev–Trinajstić information content (AvgIpc) is 2.31. The molecule has 1 saturated carbocycles. The molecule has 0 aliphatic heterocycles. The first kappa shape index (κ1) is 10.5. The summed E-state index contributed by atoms with van der Waals surface area (Å²) in [5.41, 5.74) is 5.77. The van der Waals surface area contributed by atoms with Crippen molar-refractivity contribution in [3.05, 3.63) is 0 Å². The first-order valence-electron chi connectivity index (χ1n) is 4.89. The molecule has 0 amide bonds. The second-order valence-corrected chi connectivity index (χ2v) is 4.85. The number of aliphatic carboxylic acids is 1. The van der Waals surface area contributed by atoms with Crippen LogP contribution in [0.2, 0.25) is 0 Å². The van der Waals surface area contributed by atoms with Crippen molar-refractivity contribution in [1.29, 1.82) is 0 Å². The van der Waals surface area contributed by atoms with Gasteiger partial charge in [-0.2, -0.15) is 0 Å². The summed E-state index contributed by atoms with van der Waals surface area (Å²) in [7, 11) is 0. The van der Waals surface area contributed by atoms with Crippen LogP contribution >= 0.6 is 0 Å². The number of carboxylic acid groups (broad SMARTS) is 1. The fourth-order valence-electron chi connectivity index (χ4n) is 2.33. The number of nitrogens with two attached hydrogens (primary N) is 1. The van der Waals surface area contributed by atoms with E-state index in [1.165, 1.54) is 0 Å². The minimum absolute atomic E-state index is 0.274. The lowest BCUT2D eigenvalue weighted by Crippen LogP contribution is -2.30. The molecule has 2 unspecified atom stereocenters. The largest absolute Gasteiger partial charge is 0.481 e. The first-order chi connectivity index (χ1) is 5.96. The van der Waals surface area contributed by atoms with E-state index in [9.17, 15) is 4.79 Å². The molecule has 1 aliphatic carbocycles. The summed E-state index contributed by atoms with van der Waals surface area (Å²) in [6.45, 7) is 4.67. The molecule has 3 N–H and O–H groups in total. The fraction of sp³-hybridized carbons (Fsp3) is 0.900. The van der Waals surface area contributed by atoms with E-state index in [1.54, 1.807) is 0 Å². The Morgan fingerprint density at radius 1 is 1.69 bits per heavy atom. The van der Waals surface area contributed by atoms with E-state index in [1.807, 2.05) is 0 Å². The molecule has 76 valence electrons. The van der Waals surface area contributed by atoms with Crippen LogP contribution in [-0.2, 0) is 4.79 Å². The van der Waals surface area contributed by atoms with Gasteiger partial charge in [-0.1, -0.05) is 13.8 Å². The minimum Gasteiger partial charge on any atom is -0.481 e. The third-order valence-corrected chi connectivity index (χ3v) is 3.15. The van der Waals surface area contributed by atoms with E-state index in [0.717, 1.165) is 19.3 Å². The van der Waals surface area contributed by atoms with E-state index in [4.69, 9.17) is 10.8 Å². The molecule has 0 aromatic carbocycles. The van der Waals surface area contributed by atoms with Crippen molar-refractivity contribution in [3.8, 4) is 0 Å². The van der Waals surface area contributed by atoms with Gasteiger partial charge in [-0.05, 0) is 30.6 Å². The molecule has 1 fully saturated rings. The monoisotopic (exact) mass is 185 g/mol. The Labute approximate surface area is 79.3 Å². The SMILES string of the molecule is CC1(C)CCC(C(CN)C(=O)O)C1. The van der Waals surface area contributed by atoms with Crippen molar-refractivity contribution in [2.45, 2.75) is 33.1 Å². The fourth-order valence-corrected chi connectivity index (χ4v) is 2.33. The number of carbonyl (C=O) groups is 1. The van der Waals surface area contributed by atoms with E-state index >= 15 is 0 Å². The van der Waals surface area contributed by atoms with Gasteiger partial charge in [0.25, 0.3) is 0 Å². The maximum Gasteiger partial charge on any atom is 0.308 e. The Morgan fingerprint density at radius 3 is 2.62 bits per heavy atom. The lowest BCUT2D eigenvalue weighted by atomic mass is 9.86. The zero-order chi connectivity index (χ0) is 10.1. The van der Waals surface area contributed by atoms with Gasteiger partial charge in [-0.15, -0.1) is 0 Å². The normalized spacial score (nSPS) is 28.7. The van der Waals surface area contributed by atoms with Crippen molar-refractivity contribution in [2.75, 3.05) is 6.54 Å². The molecule has 0 aromatic rings. The summed E-state index contributed by atoms with van der Waals surface area (Å²) >= 11 is 0. The summed E-state index contributed by atoms with van der Waals surface area (Å²) in [6.07, 6.45) is 3.14. The Hall–Kier alpha value is -0.570. The van der Waals surface area contributed by atoms with Crippen LogP contribution < -0.4 is 5.73 Å². The summed E-state index contributed by atoms with van der Waals surface area (Å²) < 4.78 is 0. The van der Waals surface area contributed by atoms with Gasteiger partial charge < -0.3 is 10.8 Å². The highest BCUT2D eigenvalue weighted by Crippen LogP contribution is 2.43. The zero-order valence-corrected chi connectivity index (χ0v) is 8.42. The predicted molar refractivity (Wildman–Crippen MR) is 51.3 cm³/mol. The highest BCUT2D eigenvalue weighted by Gasteiger charge is 2.37. The van der Waals surface area contributed by atoms with Gasteiger partial charge in [-0.3, -0.25) is 4.79 Å². The number of hydrogen-bond acceptors (Lipinski definition) is 2. The molecule has 0 spiro atoms. The Bertz CT molecular complexity index is 201. The molecule has 0 aromatic heterocycles. The summed E-state index contributed by atoms with van der Waals surface area (Å²) in [5.74, 6) is -0.774. The van der Waals surface area contributed by atoms with Gasteiger partial charge in [-0.25, -0.2) is 0 Å². The Balaban J connectivity index is 2.58. The van der Waals surface area contributed by atoms with Gasteiger partial charge in [0.1, 0.15) is 0 Å². The topological polar surface area (TPSA) is 63.3 Å². The van der Waals surface area contributed by atoms with Gasteiger partial charge in [0, 0.05) is 6.54 Å². The smallest absolute Gasteiger partial charge is 0.308 e. The van der Waals surface area contributed by atoms with Crippen molar-refractivity contribution < 1.29 is 9.90 Å². The standard InChI is InChI=1S/C10H19NO2/c1-10(2)4-3-7(5-10)8(6-11)9(12)13/h7-8H,3-6,11H2,1-2H3,(H,12,13). The predicted octanol–water partition coefficient (Wildman–Crippen LogP) is 1.47. The second-order valence-electron chi connectivity index (χ2n) is 4.85. The average molecular weight is 185 g/mol. The molecule has 0 heterocycles. The second kappa shape index (κ2) is 3.66. The molecular weight excluding hydrogens is 166 g/mol. The van der Waals surface area contributed by atoms with Gasteiger partial charge in [0.2, 0.25) is 0 Å². The minimum atomic E-state index is -0.731. The van der Waals surface area contributed by atoms with Crippen molar-refractivity contribution in [1.82, 2.24) is 0 Å². The highest BCUT2D eigenvalue weighted by molar-refractivity contribution is 5.70. The summed E-state index contributed by atoms with van der Waals surface area (Å²) in [6, 6.07) is 0. The molecule has 0 radical (unpaired) electrons. The van der Waals surface area contributed by atoms with Crippen molar-refractivity contribution in [2.24, 2.45) is 23.0 Å². The van der Waals surface area contributed by atoms with Gasteiger partial charge in [0.15, 0.2) is 0 Å². The molecule has 0 saturated heterocycles. The van der Waals surface area contributed by atoms with E-state index in [-0.39, 0.29) is 18.4 Å². The van der Waals surface area contributed by atoms with E-state index in [0.29, 0.717) is 5.41 Å². The molecule has 1 rings (SSSR count). The Kier molecular flexibility index (Phi) is 2.96. The molecular formula is C10H19NO2. The third-order valence-electron chi connectivity index (χ3n) is 3.15. The number of rotatable bonds is 3. The van der Waals surface area contributed by atoms with E-state index < -0.39 is 5.97 Å². The molecule has 3 nitrogen and oxygen atoms in total. The maximum atomic E-state index is 10.8. The summed E-state index contributed by atoms with van der Waals surface area (Å²) in [5, 5.41) is 8.92. The van der Waals surface area contributed by atoms with Crippen LogP contribution in [0.25, 0.3) is 0 Å². The first-order valence-corrected chi connectivity index (χ1v) is 4.89. The Morgan fingerprint density at radius 2 is 2.31 bits per heavy atom. The molecule has 1 aliphatic rings. The van der Waals surface area contributed by atoms with Crippen LogP contribution in [0.1, 0.15) is 33.1 Å². The van der Waals surface area contributed by atoms with Crippen LogP contribution in [-0.4, -0.2) is 17.6 Å². The lowest BCUT2D eigenvalue weighted by Gasteiger charge is -2.20. The van der Waals surface area contributed by atoms with Crippen molar-refractivity contribution in [3.63, 3.8) is 0 Å². The van der Waals surface area contributed by atoms with Crippen LogP contribution in [0.15, 0.2) is 0 Å². The quantitative estimate of drug-likeness (QED) is 0.700.